The van der Waals surface area contributed by atoms with Crippen molar-refractivity contribution in [2.75, 3.05) is 4.90 Å². The number of hydrogen-bond donors (Lipinski definition) is 0. The first-order chi connectivity index (χ1) is 31.7. The molecule has 13 rings (SSSR count). The van der Waals surface area contributed by atoms with Crippen LogP contribution in [-0.2, 0) is 16.2 Å². The minimum Gasteiger partial charge on any atom is -0.310 e. The number of benzene rings is 9. The predicted molar refractivity (Wildman–Crippen MR) is 272 cm³/mol. The molecule has 65 heavy (non-hydrogen) atoms. The standard InChI is InChI=1S/C63H50N2/c1-61(2)36-37-62(3,4)58-39-45(32-35-57(58)61)65-59-25-15-11-21-50(59)51-33-30-46(40-60(51)65)64(43-28-26-42(27-29-43)41-16-6-5-7-17-41)44-31-34-56-52(38-44)49-20-10-14-24-55(49)63(56)53-22-12-8-18-47(53)48-19-9-13-23-54(48)63/h5-35,38-40H,36-37H2,1-4H3. The van der Waals surface area contributed by atoms with Gasteiger partial charge in [0.25, 0.3) is 0 Å². The van der Waals surface area contributed by atoms with Crippen LogP contribution in [0.15, 0.2) is 206 Å². The van der Waals surface area contributed by atoms with E-state index in [1.54, 1.807) is 0 Å². The summed E-state index contributed by atoms with van der Waals surface area (Å²) in [6.07, 6.45) is 2.38. The lowest BCUT2D eigenvalue weighted by Gasteiger charge is -2.42. The number of aromatic nitrogens is 1. The van der Waals surface area contributed by atoms with Crippen LogP contribution in [0.3, 0.4) is 0 Å². The largest absolute Gasteiger partial charge is 0.310 e. The number of para-hydroxylation sites is 1. The second-order valence-corrected chi connectivity index (χ2v) is 19.9. The molecule has 3 aliphatic rings. The molecule has 0 saturated heterocycles. The quantitative estimate of drug-likeness (QED) is 0.168. The SMILES string of the molecule is CC1(C)CCC(C)(C)c2cc(-n3c4ccccc4c4ccc(N(c5ccc(-c6ccccc6)cc5)c5ccc6c(c5)-c5ccccc5C65c6ccccc6-c6ccccc65)cc43)ccc21. The van der Waals surface area contributed by atoms with Gasteiger partial charge in [0.1, 0.15) is 0 Å². The summed E-state index contributed by atoms with van der Waals surface area (Å²) >= 11 is 0. The molecule has 0 bridgehead atoms. The lowest BCUT2D eigenvalue weighted by molar-refractivity contribution is 0.332. The molecule has 1 spiro atoms. The van der Waals surface area contributed by atoms with Crippen LogP contribution in [0.1, 0.15) is 73.9 Å². The molecular weight excluding hydrogens is 785 g/mol. The molecule has 2 heteroatoms. The zero-order valence-electron chi connectivity index (χ0n) is 37.4. The third kappa shape index (κ3) is 5.41. The van der Waals surface area contributed by atoms with E-state index in [1.165, 1.54) is 107 Å². The Morgan fingerprint density at radius 2 is 0.846 bits per heavy atom. The maximum atomic E-state index is 2.51. The minimum atomic E-state index is -0.391. The lowest BCUT2D eigenvalue weighted by atomic mass is 9.63. The highest BCUT2D eigenvalue weighted by Crippen LogP contribution is 2.63. The molecule has 3 aliphatic carbocycles. The first kappa shape index (κ1) is 38.1. The third-order valence-electron chi connectivity index (χ3n) is 15.5. The van der Waals surface area contributed by atoms with E-state index in [1.807, 2.05) is 0 Å². The van der Waals surface area contributed by atoms with Gasteiger partial charge in [0.15, 0.2) is 0 Å². The monoisotopic (exact) mass is 834 g/mol. The molecule has 0 radical (unpaired) electrons. The molecule has 0 amide bonds. The Balaban J connectivity index is 1.04. The second kappa shape index (κ2) is 13.8. The van der Waals surface area contributed by atoms with Gasteiger partial charge in [-0.15, -0.1) is 0 Å². The van der Waals surface area contributed by atoms with Crippen LogP contribution in [0.5, 0.6) is 0 Å². The molecule has 0 atom stereocenters. The van der Waals surface area contributed by atoms with Gasteiger partial charge in [-0.3, -0.25) is 0 Å². The maximum Gasteiger partial charge on any atom is 0.0725 e. The Hall–Kier alpha value is -7.42. The summed E-state index contributed by atoms with van der Waals surface area (Å²) in [6, 6.07) is 77.7. The molecule has 2 nitrogen and oxygen atoms in total. The Morgan fingerprint density at radius 1 is 0.354 bits per heavy atom. The smallest absolute Gasteiger partial charge is 0.0725 e. The average Bonchev–Trinajstić information content (AvgIpc) is 3.95. The molecule has 0 aliphatic heterocycles. The number of anilines is 3. The van der Waals surface area contributed by atoms with Gasteiger partial charge < -0.3 is 9.47 Å². The molecule has 0 saturated carbocycles. The van der Waals surface area contributed by atoms with E-state index in [2.05, 4.69) is 243 Å². The summed E-state index contributed by atoms with van der Waals surface area (Å²) in [4.78, 5) is 2.47. The summed E-state index contributed by atoms with van der Waals surface area (Å²) in [7, 11) is 0. The topological polar surface area (TPSA) is 8.17 Å². The third-order valence-corrected chi connectivity index (χ3v) is 15.5. The summed E-state index contributed by atoms with van der Waals surface area (Å²) in [5, 5.41) is 2.52. The normalized spacial score (nSPS) is 15.6. The number of rotatable bonds is 5. The fourth-order valence-electron chi connectivity index (χ4n) is 12.2. The van der Waals surface area contributed by atoms with Crippen LogP contribution in [-0.4, -0.2) is 4.57 Å². The Kier molecular flexibility index (Phi) is 8.08. The van der Waals surface area contributed by atoms with Crippen molar-refractivity contribution >= 4 is 38.9 Å². The van der Waals surface area contributed by atoms with Gasteiger partial charge in [-0.25, -0.2) is 0 Å². The molecule has 1 heterocycles. The van der Waals surface area contributed by atoms with E-state index >= 15 is 0 Å². The fraction of sp³-hybridized carbons (Fsp3) is 0.143. The maximum absolute atomic E-state index is 2.51. The van der Waals surface area contributed by atoms with E-state index in [0.29, 0.717) is 0 Å². The molecule has 1 aromatic heterocycles. The number of hydrogen-bond acceptors (Lipinski definition) is 1. The van der Waals surface area contributed by atoms with Crippen molar-refractivity contribution in [2.24, 2.45) is 0 Å². The van der Waals surface area contributed by atoms with Crippen molar-refractivity contribution in [1.82, 2.24) is 4.57 Å². The fourth-order valence-corrected chi connectivity index (χ4v) is 12.2. The lowest BCUT2D eigenvalue weighted by Crippen LogP contribution is -2.33. The van der Waals surface area contributed by atoms with Gasteiger partial charge in [-0.1, -0.05) is 179 Å². The van der Waals surface area contributed by atoms with Crippen LogP contribution in [0, 0.1) is 0 Å². The molecule has 9 aromatic carbocycles. The molecule has 0 N–H and O–H groups in total. The zero-order valence-corrected chi connectivity index (χ0v) is 37.4. The summed E-state index contributed by atoms with van der Waals surface area (Å²) in [5.74, 6) is 0. The van der Waals surface area contributed by atoms with Crippen LogP contribution < -0.4 is 4.90 Å². The van der Waals surface area contributed by atoms with Gasteiger partial charge >= 0.3 is 0 Å². The van der Waals surface area contributed by atoms with Crippen molar-refractivity contribution in [1.29, 1.82) is 0 Å². The summed E-state index contributed by atoms with van der Waals surface area (Å²) in [5.41, 5.74) is 22.9. The molecular formula is C63H50N2. The van der Waals surface area contributed by atoms with Crippen molar-refractivity contribution in [2.45, 2.75) is 56.8 Å². The molecule has 312 valence electrons. The van der Waals surface area contributed by atoms with E-state index in [9.17, 15) is 0 Å². The second-order valence-electron chi connectivity index (χ2n) is 19.9. The highest BCUT2D eigenvalue weighted by atomic mass is 15.1. The van der Waals surface area contributed by atoms with Crippen molar-refractivity contribution < 1.29 is 0 Å². The van der Waals surface area contributed by atoms with Crippen molar-refractivity contribution in [3.8, 4) is 39.1 Å². The summed E-state index contributed by atoms with van der Waals surface area (Å²) < 4.78 is 2.51. The highest BCUT2D eigenvalue weighted by Gasteiger charge is 2.51. The van der Waals surface area contributed by atoms with E-state index in [4.69, 9.17) is 0 Å². The van der Waals surface area contributed by atoms with E-state index in [-0.39, 0.29) is 10.8 Å². The van der Waals surface area contributed by atoms with Gasteiger partial charge in [0, 0.05) is 33.5 Å². The van der Waals surface area contributed by atoms with Crippen LogP contribution in [0.4, 0.5) is 17.1 Å². The highest BCUT2D eigenvalue weighted by molar-refractivity contribution is 6.10. The number of fused-ring (bicyclic) bond motifs is 14. The average molecular weight is 835 g/mol. The van der Waals surface area contributed by atoms with E-state index < -0.39 is 5.41 Å². The van der Waals surface area contributed by atoms with Crippen molar-refractivity contribution in [3.05, 3.63) is 240 Å². The van der Waals surface area contributed by atoms with Crippen LogP contribution in [0.25, 0.3) is 60.9 Å². The zero-order chi connectivity index (χ0) is 43.7. The first-order valence-electron chi connectivity index (χ1n) is 23.3. The molecule has 0 fully saturated rings. The minimum absolute atomic E-state index is 0.0981. The van der Waals surface area contributed by atoms with Gasteiger partial charge in [0.2, 0.25) is 0 Å². The Labute approximate surface area is 382 Å². The predicted octanol–water partition coefficient (Wildman–Crippen LogP) is 16.6. The summed E-state index contributed by atoms with van der Waals surface area (Å²) in [6.45, 7) is 9.68. The molecule has 0 unspecified atom stereocenters. The number of nitrogens with zero attached hydrogens (tertiary/aromatic N) is 2. The van der Waals surface area contributed by atoms with Crippen LogP contribution in [0.2, 0.25) is 0 Å². The Bertz CT molecular complexity index is 3500. The Morgan fingerprint density at radius 3 is 1.54 bits per heavy atom. The van der Waals surface area contributed by atoms with Gasteiger partial charge in [-0.05, 0) is 145 Å². The van der Waals surface area contributed by atoms with E-state index in [0.717, 1.165) is 17.1 Å². The van der Waals surface area contributed by atoms with Crippen LogP contribution >= 0.6 is 0 Å². The van der Waals surface area contributed by atoms with Gasteiger partial charge in [0.05, 0.1) is 16.4 Å². The van der Waals surface area contributed by atoms with Gasteiger partial charge in [-0.2, -0.15) is 0 Å². The molecule has 10 aromatic rings. The first-order valence-corrected chi connectivity index (χ1v) is 23.3. The van der Waals surface area contributed by atoms with Crippen molar-refractivity contribution in [3.63, 3.8) is 0 Å².